The fraction of sp³-hybridized carbons (Fsp3) is 0.600. The normalized spacial score (nSPS) is 16.4. The molecule has 1 aliphatic rings. The highest BCUT2D eigenvalue weighted by Gasteiger charge is 2.20. The first kappa shape index (κ1) is 13.2. The lowest BCUT2D eigenvalue weighted by atomic mass is 9.97. The van der Waals surface area contributed by atoms with Gasteiger partial charge in [-0.2, -0.15) is 0 Å². The van der Waals surface area contributed by atoms with E-state index >= 15 is 0 Å². The van der Waals surface area contributed by atoms with Crippen LogP contribution < -0.4 is 14.8 Å². The Balaban J connectivity index is 1.95. The Morgan fingerprint density at radius 3 is 2.28 bits per heavy atom. The van der Waals surface area contributed by atoms with Crippen molar-refractivity contribution in [3.05, 3.63) is 23.8 Å². The first-order valence-corrected chi connectivity index (χ1v) is 6.69. The summed E-state index contributed by atoms with van der Waals surface area (Å²) in [5.41, 5.74) is 1.28. The van der Waals surface area contributed by atoms with Crippen LogP contribution in [-0.2, 0) is 0 Å². The minimum Gasteiger partial charge on any atom is -0.497 e. The molecule has 0 spiro atoms. The summed E-state index contributed by atoms with van der Waals surface area (Å²) in [7, 11) is 3.38. The monoisotopic (exact) mass is 249 g/mol. The van der Waals surface area contributed by atoms with Gasteiger partial charge in [-0.15, -0.1) is 0 Å². The van der Waals surface area contributed by atoms with Crippen LogP contribution in [0.15, 0.2) is 18.2 Å². The van der Waals surface area contributed by atoms with Crippen LogP contribution in [0.3, 0.4) is 0 Å². The summed E-state index contributed by atoms with van der Waals surface area (Å²) in [6, 6.07) is 6.91. The molecule has 18 heavy (non-hydrogen) atoms. The maximum absolute atomic E-state index is 5.30. The molecule has 0 amide bonds. The van der Waals surface area contributed by atoms with Crippen molar-refractivity contribution in [1.82, 2.24) is 5.32 Å². The summed E-state index contributed by atoms with van der Waals surface area (Å²) in [5, 5.41) is 3.55. The van der Waals surface area contributed by atoms with Crippen molar-refractivity contribution in [2.24, 2.45) is 0 Å². The molecule has 1 saturated carbocycles. The molecule has 0 saturated heterocycles. The van der Waals surface area contributed by atoms with Crippen LogP contribution in [0.25, 0.3) is 0 Å². The lowest BCUT2D eigenvalue weighted by molar-refractivity contribution is 0.392. The molecule has 1 atom stereocenters. The molecule has 1 aliphatic carbocycles. The van der Waals surface area contributed by atoms with Crippen molar-refractivity contribution in [2.45, 2.75) is 38.1 Å². The van der Waals surface area contributed by atoms with Crippen molar-refractivity contribution in [3.63, 3.8) is 0 Å². The Hall–Kier alpha value is -1.22. The zero-order valence-electron chi connectivity index (χ0n) is 11.5. The van der Waals surface area contributed by atoms with Gasteiger partial charge < -0.3 is 14.8 Å². The molecule has 1 fully saturated rings. The molecule has 1 aromatic carbocycles. The van der Waals surface area contributed by atoms with E-state index in [-0.39, 0.29) is 0 Å². The largest absolute Gasteiger partial charge is 0.497 e. The third-order valence-corrected chi connectivity index (χ3v) is 3.53. The molecule has 1 unspecified atom stereocenters. The molecule has 2 rings (SSSR count). The minimum absolute atomic E-state index is 0.514. The molecular weight excluding hydrogens is 226 g/mol. The Morgan fingerprint density at radius 2 is 1.78 bits per heavy atom. The van der Waals surface area contributed by atoms with E-state index < -0.39 is 0 Å². The van der Waals surface area contributed by atoms with Crippen molar-refractivity contribution in [2.75, 3.05) is 20.8 Å². The van der Waals surface area contributed by atoms with E-state index in [0.717, 1.165) is 30.5 Å². The number of methoxy groups -OCH3 is 2. The van der Waals surface area contributed by atoms with Crippen LogP contribution >= 0.6 is 0 Å². The average molecular weight is 249 g/mol. The summed E-state index contributed by atoms with van der Waals surface area (Å²) in [5.74, 6) is 2.25. The van der Waals surface area contributed by atoms with Crippen molar-refractivity contribution in [3.8, 4) is 11.5 Å². The van der Waals surface area contributed by atoms with Gasteiger partial charge in [0.25, 0.3) is 0 Å². The second kappa shape index (κ2) is 6.10. The molecule has 3 nitrogen and oxygen atoms in total. The molecular formula is C15H23NO2. The van der Waals surface area contributed by atoms with Crippen LogP contribution in [0.4, 0.5) is 0 Å². The highest BCUT2D eigenvalue weighted by Crippen LogP contribution is 2.29. The molecule has 0 aromatic heterocycles. The summed E-state index contributed by atoms with van der Waals surface area (Å²) >= 11 is 0. The van der Waals surface area contributed by atoms with Gasteiger partial charge in [0.15, 0.2) is 0 Å². The fourth-order valence-electron chi connectivity index (χ4n) is 2.07. The summed E-state index contributed by atoms with van der Waals surface area (Å²) < 4.78 is 10.6. The predicted molar refractivity (Wildman–Crippen MR) is 73.6 cm³/mol. The summed E-state index contributed by atoms with van der Waals surface area (Å²) in [6.07, 6.45) is 3.84. The van der Waals surface area contributed by atoms with E-state index in [1.54, 1.807) is 14.2 Å². The van der Waals surface area contributed by atoms with Gasteiger partial charge in [-0.1, -0.05) is 6.92 Å². The number of nitrogens with one attached hydrogen (secondary N) is 1. The lowest BCUT2D eigenvalue weighted by Crippen LogP contribution is -2.19. The first-order valence-electron chi connectivity index (χ1n) is 6.69. The highest BCUT2D eigenvalue weighted by molar-refractivity contribution is 5.39. The molecule has 1 N–H and O–H groups in total. The molecule has 0 radical (unpaired) electrons. The highest BCUT2D eigenvalue weighted by atomic mass is 16.5. The van der Waals surface area contributed by atoms with Crippen LogP contribution in [0.1, 0.15) is 37.7 Å². The number of hydrogen-bond donors (Lipinski definition) is 1. The van der Waals surface area contributed by atoms with E-state index in [4.69, 9.17) is 9.47 Å². The molecule has 0 bridgehead atoms. The number of hydrogen-bond acceptors (Lipinski definition) is 3. The first-order chi connectivity index (χ1) is 8.72. The zero-order chi connectivity index (χ0) is 13.0. The molecule has 3 heteroatoms. The number of ether oxygens (including phenoxy) is 2. The van der Waals surface area contributed by atoms with Gasteiger partial charge in [0.2, 0.25) is 0 Å². The smallest absolute Gasteiger partial charge is 0.122 e. The number of benzene rings is 1. The number of rotatable bonds is 7. The topological polar surface area (TPSA) is 30.5 Å². The molecule has 1 aromatic rings. The molecule has 0 aliphatic heterocycles. The van der Waals surface area contributed by atoms with Gasteiger partial charge in [-0.05, 0) is 49.4 Å². The second-order valence-electron chi connectivity index (χ2n) is 5.06. The maximum Gasteiger partial charge on any atom is 0.122 e. The van der Waals surface area contributed by atoms with Crippen LogP contribution in [0.5, 0.6) is 11.5 Å². The van der Waals surface area contributed by atoms with Crippen molar-refractivity contribution in [1.29, 1.82) is 0 Å². The summed E-state index contributed by atoms with van der Waals surface area (Å²) in [6.45, 7) is 3.34. The predicted octanol–water partition coefficient (Wildman–Crippen LogP) is 2.95. The van der Waals surface area contributed by atoms with E-state index in [2.05, 4.69) is 24.4 Å². The minimum atomic E-state index is 0.514. The lowest BCUT2D eigenvalue weighted by Gasteiger charge is -2.15. The second-order valence-corrected chi connectivity index (χ2v) is 5.06. The maximum atomic E-state index is 5.30. The SMILES string of the molecule is COc1cc(OC)cc(C(C)CCNC2CC2)c1. The Bertz CT molecular complexity index is 366. The van der Waals surface area contributed by atoms with Gasteiger partial charge in [0, 0.05) is 12.1 Å². The Labute approximate surface area is 109 Å². The fourth-order valence-corrected chi connectivity index (χ4v) is 2.07. The van der Waals surface area contributed by atoms with E-state index in [9.17, 15) is 0 Å². The van der Waals surface area contributed by atoms with E-state index in [1.807, 2.05) is 6.07 Å². The average Bonchev–Trinajstić information content (AvgIpc) is 3.22. The third-order valence-electron chi connectivity index (χ3n) is 3.53. The van der Waals surface area contributed by atoms with Gasteiger partial charge in [-0.25, -0.2) is 0 Å². The van der Waals surface area contributed by atoms with Gasteiger partial charge in [-0.3, -0.25) is 0 Å². The van der Waals surface area contributed by atoms with Crippen molar-refractivity contribution < 1.29 is 9.47 Å². The van der Waals surface area contributed by atoms with Crippen molar-refractivity contribution >= 4 is 0 Å². The van der Waals surface area contributed by atoms with Crippen LogP contribution in [0.2, 0.25) is 0 Å². The Morgan fingerprint density at radius 1 is 1.17 bits per heavy atom. The third kappa shape index (κ3) is 3.64. The van der Waals surface area contributed by atoms with Crippen LogP contribution in [-0.4, -0.2) is 26.8 Å². The van der Waals surface area contributed by atoms with Gasteiger partial charge in [0.1, 0.15) is 11.5 Å². The van der Waals surface area contributed by atoms with E-state index in [0.29, 0.717) is 5.92 Å². The standard InChI is InChI=1S/C15H23NO2/c1-11(6-7-16-13-4-5-13)12-8-14(17-2)10-15(9-12)18-3/h8-11,13,16H,4-7H2,1-3H3. The van der Waals surface area contributed by atoms with Crippen LogP contribution in [0, 0.1) is 0 Å². The quantitative estimate of drug-likeness (QED) is 0.806. The molecule has 100 valence electrons. The Kier molecular flexibility index (Phi) is 4.48. The van der Waals surface area contributed by atoms with E-state index in [1.165, 1.54) is 18.4 Å². The van der Waals surface area contributed by atoms with Gasteiger partial charge >= 0.3 is 0 Å². The summed E-state index contributed by atoms with van der Waals surface area (Å²) in [4.78, 5) is 0. The van der Waals surface area contributed by atoms with Gasteiger partial charge in [0.05, 0.1) is 14.2 Å². The molecule has 0 heterocycles. The zero-order valence-corrected chi connectivity index (χ0v) is 11.5.